The van der Waals surface area contributed by atoms with E-state index in [1.54, 1.807) is 0 Å². The van der Waals surface area contributed by atoms with Crippen molar-refractivity contribution in [3.05, 3.63) is 255 Å². The minimum atomic E-state index is 1.14. The highest BCUT2D eigenvalue weighted by atomic mass is 15.0. The molecule has 0 atom stereocenters. The van der Waals surface area contributed by atoms with Crippen LogP contribution in [0, 0.1) is 0 Å². The van der Waals surface area contributed by atoms with Crippen LogP contribution in [0.4, 0.5) is 0 Å². The molecule has 0 unspecified atom stereocenters. The Labute approximate surface area is 393 Å². The van der Waals surface area contributed by atoms with E-state index in [1.807, 2.05) is 0 Å². The zero-order valence-corrected chi connectivity index (χ0v) is 37.1. The van der Waals surface area contributed by atoms with Crippen LogP contribution in [0.25, 0.3) is 132 Å². The van der Waals surface area contributed by atoms with Crippen LogP contribution in [0.2, 0.25) is 0 Å². The molecule has 0 fully saturated rings. The van der Waals surface area contributed by atoms with Gasteiger partial charge in [0.25, 0.3) is 0 Å². The second kappa shape index (κ2) is 15.3. The second-order valence-electron chi connectivity index (χ2n) is 17.9. The van der Waals surface area contributed by atoms with Crippen LogP contribution in [-0.4, -0.2) is 9.13 Å². The number of fused-ring (bicyclic) bond motifs is 9. The van der Waals surface area contributed by atoms with Crippen molar-refractivity contribution in [3.63, 3.8) is 0 Å². The van der Waals surface area contributed by atoms with Crippen molar-refractivity contribution < 1.29 is 0 Å². The number of rotatable bonds is 6. The van der Waals surface area contributed by atoms with Crippen molar-refractivity contribution >= 4 is 75.9 Å². The minimum absolute atomic E-state index is 1.14. The summed E-state index contributed by atoms with van der Waals surface area (Å²) in [4.78, 5) is 0. The average Bonchev–Trinajstić information content (AvgIpc) is 3.94. The molecule has 0 saturated heterocycles. The third-order valence-electron chi connectivity index (χ3n) is 14.3. The van der Waals surface area contributed by atoms with Crippen LogP contribution in [0.5, 0.6) is 0 Å². The van der Waals surface area contributed by atoms with Crippen molar-refractivity contribution in [2.45, 2.75) is 0 Å². The van der Waals surface area contributed by atoms with Gasteiger partial charge in [-0.2, -0.15) is 0 Å². The lowest BCUT2D eigenvalue weighted by Gasteiger charge is -2.21. The SMILES string of the molecule is c1ccc(-c2c(-c3c4cccc(-c5cccc6c7ccccc7n(-c7ccccc7)c56)c4cc4c(-c5cccc6c7ccccc7n(-c7ccccc7)c56)cccc34)ccc3ccccc23)cc1. The predicted octanol–water partition coefficient (Wildman–Crippen LogP) is 18.0. The van der Waals surface area contributed by atoms with Gasteiger partial charge in [0, 0.05) is 44.0 Å². The Hall–Kier alpha value is -8.98. The fraction of sp³-hybridized carbons (Fsp3) is 0. The zero-order valence-electron chi connectivity index (χ0n) is 37.1. The molecule has 0 aliphatic carbocycles. The smallest absolute Gasteiger partial charge is 0.0619 e. The molecule has 12 aromatic carbocycles. The third-order valence-corrected chi connectivity index (χ3v) is 14.3. The molecule has 0 aliphatic rings. The van der Waals surface area contributed by atoms with E-state index in [4.69, 9.17) is 0 Å². The Balaban J connectivity index is 1.16. The van der Waals surface area contributed by atoms with Gasteiger partial charge in [0.2, 0.25) is 0 Å². The van der Waals surface area contributed by atoms with Gasteiger partial charge in [-0.3, -0.25) is 0 Å². The zero-order chi connectivity index (χ0) is 44.7. The molecule has 2 nitrogen and oxygen atoms in total. The normalized spacial score (nSPS) is 11.8. The van der Waals surface area contributed by atoms with E-state index in [2.05, 4.69) is 264 Å². The lowest BCUT2D eigenvalue weighted by atomic mass is 9.82. The van der Waals surface area contributed by atoms with Gasteiger partial charge in [0.1, 0.15) is 0 Å². The Morgan fingerprint density at radius 2 is 0.632 bits per heavy atom. The highest BCUT2D eigenvalue weighted by Gasteiger charge is 2.24. The first-order chi connectivity index (χ1) is 33.8. The van der Waals surface area contributed by atoms with Gasteiger partial charge in [0.05, 0.1) is 22.1 Å². The first-order valence-corrected chi connectivity index (χ1v) is 23.5. The van der Waals surface area contributed by atoms with Crippen molar-refractivity contribution in [1.82, 2.24) is 9.13 Å². The van der Waals surface area contributed by atoms with Crippen molar-refractivity contribution in [3.8, 4) is 55.9 Å². The number of hydrogen-bond donors (Lipinski definition) is 0. The van der Waals surface area contributed by atoms with E-state index < -0.39 is 0 Å². The number of benzene rings is 12. The lowest BCUT2D eigenvalue weighted by molar-refractivity contribution is 1.18. The van der Waals surface area contributed by atoms with Gasteiger partial charge in [0.15, 0.2) is 0 Å². The van der Waals surface area contributed by atoms with Gasteiger partial charge >= 0.3 is 0 Å². The molecule has 0 saturated carbocycles. The summed E-state index contributed by atoms with van der Waals surface area (Å²) in [6.07, 6.45) is 0. The fourth-order valence-corrected chi connectivity index (χ4v) is 11.5. The fourth-order valence-electron chi connectivity index (χ4n) is 11.5. The molecule has 68 heavy (non-hydrogen) atoms. The highest BCUT2D eigenvalue weighted by molar-refractivity contribution is 6.25. The topological polar surface area (TPSA) is 9.86 Å². The molecule has 0 amide bonds. The molecule has 316 valence electrons. The Kier molecular flexibility index (Phi) is 8.62. The standard InChI is InChI=1S/C66H42N2/c1-4-21-44(22-5-1)63-47-27-11-10-20-43(47)40-41-58(63)64-52-32-16-30-48(54-34-18-36-56-50-28-12-14-38-61(50)67(65(54)56)45-23-6-2-7-24-45)59(52)42-60-49(31-17-33-53(60)64)55-35-19-37-57-51-29-13-15-39-62(51)68(66(55)57)46-25-8-3-9-26-46/h1-42H. The maximum absolute atomic E-state index is 2.50. The molecular weight excluding hydrogens is 821 g/mol. The molecule has 0 N–H and O–H groups in total. The molecule has 0 bridgehead atoms. The molecule has 0 aliphatic heterocycles. The summed E-state index contributed by atoms with van der Waals surface area (Å²) in [5, 5.41) is 12.3. The van der Waals surface area contributed by atoms with Gasteiger partial charge in [-0.1, -0.05) is 212 Å². The van der Waals surface area contributed by atoms with Crippen LogP contribution in [-0.2, 0) is 0 Å². The molecule has 2 heterocycles. The molecule has 2 aromatic heterocycles. The summed E-state index contributed by atoms with van der Waals surface area (Å²) in [5.41, 5.74) is 16.8. The summed E-state index contributed by atoms with van der Waals surface area (Å²) in [5.74, 6) is 0. The molecule has 0 radical (unpaired) electrons. The van der Waals surface area contributed by atoms with Crippen molar-refractivity contribution in [1.29, 1.82) is 0 Å². The highest BCUT2D eigenvalue weighted by Crippen LogP contribution is 2.50. The average molecular weight is 863 g/mol. The molecular formula is C66H42N2. The quantitative estimate of drug-likeness (QED) is 0.147. The minimum Gasteiger partial charge on any atom is -0.309 e. The second-order valence-corrected chi connectivity index (χ2v) is 17.9. The van der Waals surface area contributed by atoms with Crippen LogP contribution in [0.3, 0.4) is 0 Å². The van der Waals surface area contributed by atoms with Crippen LogP contribution in [0.15, 0.2) is 255 Å². The molecule has 0 spiro atoms. The van der Waals surface area contributed by atoms with Crippen molar-refractivity contribution in [2.75, 3.05) is 0 Å². The molecule has 2 heteroatoms. The van der Waals surface area contributed by atoms with E-state index in [0.717, 1.165) is 11.4 Å². The van der Waals surface area contributed by atoms with Crippen LogP contribution >= 0.6 is 0 Å². The third kappa shape index (κ3) is 5.71. The summed E-state index contributed by atoms with van der Waals surface area (Å²) in [7, 11) is 0. The number of para-hydroxylation sites is 6. The Bertz CT molecular complexity index is 4080. The Morgan fingerprint density at radius 1 is 0.221 bits per heavy atom. The van der Waals surface area contributed by atoms with Gasteiger partial charge in [-0.25, -0.2) is 0 Å². The molecule has 14 aromatic rings. The van der Waals surface area contributed by atoms with E-state index in [1.165, 1.54) is 120 Å². The van der Waals surface area contributed by atoms with Gasteiger partial charge in [-0.05, 0) is 108 Å². The van der Waals surface area contributed by atoms with E-state index in [-0.39, 0.29) is 0 Å². The number of hydrogen-bond acceptors (Lipinski definition) is 0. The summed E-state index contributed by atoms with van der Waals surface area (Å²) < 4.78 is 4.93. The van der Waals surface area contributed by atoms with E-state index >= 15 is 0 Å². The number of aromatic nitrogens is 2. The maximum atomic E-state index is 2.50. The maximum Gasteiger partial charge on any atom is 0.0619 e. The van der Waals surface area contributed by atoms with E-state index in [0.29, 0.717) is 0 Å². The summed E-state index contributed by atoms with van der Waals surface area (Å²) in [6, 6.07) is 94.0. The largest absolute Gasteiger partial charge is 0.309 e. The summed E-state index contributed by atoms with van der Waals surface area (Å²) >= 11 is 0. The number of nitrogens with zero attached hydrogens (tertiary/aromatic N) is 2. The predicted molar refractivity (Wildman–Crippen MR) is 289 cm³/mol. The van der Waals surface area contributed by atoms with Gasteiger partial charge < -0.3 is 9.13 Å². The van der Waals surface area contributed by atoms with Crippen molar-refractivity contribution in [2.24, 2.45) is 0 Å². The van der Waals surface area contributed by atoms with Crippen LogP contribution < -0.4 is 0 Å². The Morgan fingerprint density at radius 3 is 1.16 bits per heavy atom. The first kappa shape index (κ1) is 38.3. The molecule has 14 rings (SSSR count). The monoisotopic (exact) mass is 862 g/mol. The lowest BCUT2D eigenvalue weighted by Crippen LogP contribution is -1.97. The van der Waals surface area contributed by atoms with Crippen LogP contribution in [0.1, 0.15) is 0 Å². The summed E-state index contributed by atoms with van der Waals surface area (Å²) in [6.45, 7) is 0. The van der Waals surface area contributed by atoms with Gasteiger partial charge in [-0.15, -0.1) is 0 Å². The van der Waals surface area contributed by atoms with E-state index in [9.17, 15) is 0 Å². The first-order valence-electron chi connectivity index (χ1n) is 23.5.